The molecule has 2 saturated heterocycles. The van der Waals surface area contributed by atoms with Gasteiger partial charge in [-0.3, -0.25) is 19.2 Å². The van der Waals surface area contributed by atoms with Crippen LogP contribution < -0.4 is 0 Å². The molecule has 0 aliphatic carbocycles. The van der Waals surface area contributed by atoms with Gasteiger partial charge in [0.15, 0.2) is 23.1 Å². The number of carbonyl (C=O) groups is 4. The van der Waals surface area contributed by atoms with E-state index in [1.165, 1.54) is 0 Å². The summed E-state index contributed by atoms with van der Waals surface area (Å²) in [5.74, 6) is -3.40. The fourth-order valence-corrected chi connectivity index (χ4v) is 8.51. The van der Waals surface area contributed by atoms with Gasteiger partial charge in [0.2, 0.25) is 0 Å². The topological polar surface area (TPSA) is 86.7 Å². The van der Waals surface area contributed by atoms with E-state index in [9.17, 15) is 19.2 Å². The molecule has 0 radical (unpaired) electrons. The molecule has 234 valence electrons. The van der Waals surface area contributed by atoms with E-state index in [4.69, 9.17) is 9.47 Å². The largest absolute Gasteiger partial charge is 0.364 e. The lowest BCUT2D eigenvalue weighted by atomic mass is 9.66. The standard InChI is InChI=1S/C42H30O6/c43-35(23-13-5-1-6-14-23)31-32(36(44)24-15-7-2-8-16-24)40-28-22-30-29(21-27(28)39(31)47-40)41-33(37(45)25-17-9-3-10-18-25)34(42(30)48-41)38(46)26-19-11-4-12-20-26/h1-22,31-34,39-42H/t31-,32-,33-,34+,39-,40+,41+,42+/m0/s1. The second-order valence-corrected chi connectivity index (χ2v) is 13.1. The van der Waals surface area contributed by atoms with Gasteiger partial charge in [-0.05, 0) is 34.4 Å². The lowest BCUT2D eigenvalue weighted by molar-refractivity contribution is 0.0476. The van der Waals surface area contributed by atoms with Gasteiger partial charge in [-0.1, -0.05) is 121 Å². The van der Waals surface area contributed by atoms with E-state index >= 15 is 0 Å². The minimum atomic E-state index is -0.718. The molecule has 48 heavy (non-hydrogen) atoms. The normalized spacial score (nSPS) is 27.3. The summed E-state index contributed by atoms with van der Waals surface area (Å²) in [6, 6.07) is 40.2. The molecule has 0 N–H and O–H groups in total. The van der Waals surface area contributed by atoms with E-state index in [-0.39, 0.29) is 23.1 Å². The quantitative estimate of drug-likeness (QED) is 0.162. The molecule has 5 aromatic rings. The van der Waals surface area contributed by atoms with Crippen molar-refractivity contribution in [3.63, 3.8) is 0 Å². The molecular weight excluding hydrogens is 600 g/mol. The molecule has 4 bridgehead atoms. The zero-order valence-corrected chi connectivity index (χ0v) is 25.8. The molecule has 0 aromatic heterocycles. The zero-order valence-electron chi connectivity index (χ0n) is 25.8. The Morgan fingerprint density at radius 3 is 0.750 bits per heavy atom. The van der Waals surface area contributed by atoms with Gasteiger partial charge in [0.25, 0.3) is 0 Å². The summed E-state index contributed by atoms with van der Waals surface area (Å²) in [7, 11) is 0. The van der Waals surface area contributed by atoms with Gasteiger partial charge in [0.1, 0.15) is 0 Å². The number of hydrogen-bond acceptors (Lipinski definition) is 6. The van der Waals surface area contributed by atoms with Crippen LogP contribution in [0, 0.1) is 23.7 Å². The van der Waals surface area contributed by atoms with Crippen LogP contribution in [-0.4, -0.2) is 23.1 Å². The van der Waals surface area contributed by atoms with Crippen molar-refractivity contribution in [2.24, 2.45) is 23.7 Å². The first-order chi connectivity index (χ1) is 23.5. The third-order valence-electron chi connectivity index (χ3n) is 10.6. The van der Waals surface area contributed by atoms with Gasteiger partial charge in [-0.2, -0.15) is 0 Å². The van der Waals surface area contributed by atoms with Crippen molar-refractivity contribution < 1.29 is 28.7 Å². The number of benzene rings is 5. The highest BCUT2D eigenvalue weighted by Crippen LogP contribution is 2.64. The molecule has 4 heterocycles. The number of ketones is 4. The van der Waals surface area contributed by atoms with Crippen LogP contribution >= 0.6 is 0 Å². The molecule has 2 fully saturated rings. The van der Waals surface area contributed by atoms with Crippen LogP contribution in [-0.2, 0) is 9.47 Å². The summed E-state index contributed by atoms with van der Waals surface area (Å²) in [4.78, 5) is 56.7. The number of carbonyl (C=O) groups excluding carboxylic acids is 4. The number of ether oxygens (including phenoxy) is 2. The fourth-order valence-electron chi connectivity index (χ4n) is 8.51. The van der Waals surface area contributed by atoms with Crippen molar-refractivity contribution in [1.82, 2.24) is 0 Å². The van der Waals surface area contributed by atoms with Crippen LogP contribution in [0.3, 0.4) is 0 Å². The van der Waals surface area contributed by atoms with Gasteiger partial charge < -0.3 is 9.47 Å². The van der Waals surface area contributed by atoms with Crippen molar-refractivity contribution in [1.29, 1.82) is 0 Å². The van der Waals surface area contributed by atoms with E-state index in [1.54, 1.807) is 48.5 Å². The first kappa shape index (κ1) is 28.9. The van der Waals surface area contributed by atoms with Gasteiger partial charge >= 0.3 is 0 Å². The lowest BCUT2D eigenvalue weighted by Gasteiger charge is -2.32. The molecule has 0 amide bonds. The average Bonchev–Trinajstić information content (AvgIpc) is 3.92. The molecule has 4 aliphatic heterocycles. The minimum Gasteiger partial charge on any atom is -0.364 e. The summed E-state index contributed by atoms with van der Waals surface area (Å²) in [6.45, 7) is 0. The summed E-state index contributed by atoms with van der Waals surface area (Å²) < 4.78 is 13.2. The first-order valence-corrected chi connectivity index (χ1v) is 16.4. The Hall–Kier alpha value is -5.30. The van der Waals surface area contributed by atoms with Crippen molar-refractivity contribution in [2.45, 2.75) is 24.4 Å². The smallest absolute Gasteiger partial charge is 0.169 e. The van der Waals surface area contributed by atoms with Crippen molar-refractivity contribution in [2.75, 3.05) is 0 Å². The third kappa shape index (κ3) is 4.26. The van der Waals surface area contributed by atoms with E-state index in [0.29, 0.717) is 22.3 Å². The van der Waals surface area contributed by atoms with E-state index < -0.39 is 48.1 Å². The lowest BCUT2D eigenvalue weighted by Crippen LogP contribution is -2.36. The molecule has 0 spiro atoms. The second kappa shape index (κ2) is 11.2. The molecule has 8 atom stereocenters. The number of hydrogen-bond donors (Lipinski definition) is 0. The summed E-state index contributed by atoms with van der Waals surface area (Å²) >= 11 is 0. The molecular formula is C42H30O6. The average molecular weight is 631 g/mol. The summed E-state index contributed by atoms with van der Waals surface area (Å²) in [5, 5.41) is 0. The van der Waals surface area contributed by atoms with Crippen molar-refractivity contribution in [3.05, 3.63) is 178 Å². The second-order valence-electron chi connectivity index (χ2n) is 13.1. The van der Waals surface area contributed by atoms with Crippen LogP contribution in [0.15, 0.2) is 133 Å². The first-order valence-electron chi connectivity index (χ1n) is 16.4. The highest BCUT2D eigenvalue weighted by atomic mass is 16.5. The van der Waals surface area contributed by atoms with E-state index in [1.807, 2.05) is 84.9 Å². The molecule has 9 rings (SSSR count). The minimum absolute atomic E-state index is 0.132. The molecule has 4 aliphatic rings. The van der Waals surface area contributed by atoms with Crippen molar-refractivity contribution in [3.8, 4) is 0 Å². The highest BCUT2D eigenvalue weighted by Gasteiger charge is 2.62. The Kier molecular flexibility index (Phi) is 6.71. The van der Waals surface area contributed by atoms with Gasteiger partial charge in [0, 0.05) is 22.3 Å². The number of fused-ring (bicyclic) bond motifs is 10. The summed E-state index contributed by atoms with van der Waals surface area (Å²) in [6.07, 6.45) is -2.54. The van der Waals surface area contributed by atoms with Crippen molar-refractivity contribution >= 4 is 23.1 Å². The number of rotatable bonds is 8. The highest BCUT2D eigenvalue weighted by molar-refractivity contribution is 6.07. The predicted molar refractivity (Wildman–Crippen MR) is 177 cm³/mol. The van der Waals surface area contributed by atoms with Crippen LogP contribution in [0.2, 0.25) is 0 Å². The van der Waals surface area contributed by atoms with E-state index in [0.717, 1.165) is 22.3 Å². The third-order valence-corrected chi connectivity index (χ3v) is 10.6. The zero-order chi connectivity index (χ0) is 32.5. The Bertz CT molecular complexity index is 1790. The molecule has 0 saturated carbocycles. The summed E-state index contributed by atoms with van der Waals surface area (Å²) in [5.41, 5.74) is 5.51. The Balaban J connectivity index is 1.16. The maximum Gasteiger partial charge on any atom is 0.169 e. The predicted octanol–water partition coefficient (Wildman–Crippen LogP) is 7.94. The Labute approximate surface area is 277 Å². The van der Waals surface area contributed by atoms with Gasteiger partial charge in [0.05, 0.1) is 48.1 Å². The van der Waals surface area contributed by atoms with Crippen LogP contribution in [0.25, 0.3) is 0 Å². The SMILES string of the molecule is O=C(c1ccccc1)[C@@H]1[C@@H](C(=O)c2ccccc2)[C@H]2O[C@@H]1c1cc3c(cc12)[C@H]1O[C@H]3[C@@H](C(=O)c2ccccc2)[C@H]1C(=O)c1ccccc1. The Morgan fingerprint density at radius 2 is 0.542 bits per heavy atom. The molecule has 0 unspecified atom stereocenters. The monoisotopic (exact) mass is 630 g/mol. The van der Waals surface area contributed by atoms with E-state index in [2.05, 4.69) is 0 Å². The Morgan fingerprint density at radius 1 is 0.333 bits per heavy atom. The molecule has 5 aromatic carbocycles. The molecule has 6 nitrogen and oxygen atoms in total. The van der Waals surface area contributed by atoms with Crippen LogP contribution in [0.1, 0.15) is 88.1 Å². The van der Waals surface area contributed by atoms with Gasteiger partial charge in [-0.15, -0.1) is 0 Å². The van der Waals surface area contributed by atoms with Crippen LogP contribution in [0.5, 0.6) is 0 Å². The fraction of sp³-hybridized carbons (Fsp3) is 0.190. The maximum absolute atomic E-state index is 14.2. The molecule has 6 heteroatoms. The number of Topliss-reactive ketones (excluding diaryl/α,β-unsaturated/α-hetero) is 4. The maximum atomic E-state index is 14.2. The van der Waals surface area contributed by atoms with Crippen LogP contribution in [0.4, 0.5) is 0 Å². The van der Waals surface area contributed by atoms with Gasteiger partial charge in [-0.25, -0.2) is 0 Å².